The van der Waals surface area contributed by atoms with E-state index in [1.165, 1.54) is 23.9 Å². The number of hydrogen-bond acceptors (Lipinski definition) is 7. The second kappa shape index (κ2) is 10.7. The van der Waals surface area contributed by atoms with Gasteiger partial charge in [-0.25, -0.2) is 14.2 Å². The highest BCUT2D eigenvalue weighted by Gasteiger charge is 2.42. The highest BCUT2D eigenvalue weighted by Crippen LogP contribution is 2.47. The van der Waals surface area contributed by atoms with Crippen LogP contribution in [-0.4, -0.2) is 59.8 Å². The van der Waals surface area contributed by atoms with Gasteiger partial charge in [0.1, 0.15) is 5.82 Å². The molecule has 3 aliphatic heterocycles. The number of hydrogen-bond donors (Lipinski definition) is 0. The molecule has 2 aromatic carbocycles. The number of rotatable bonds is 6. The topological polar surface area (TPSA) is 71.4 Å². The zero-order chi connectivity index (χ0) is 25.1. The molecule has 1 unspecified atom stereocenters. The maximum atomic E-state index is 14.4. The Morgan fingerprint density at radius 3 is 2.64 bits per heavy atom. The second-order valence-corrected chi connectivity index (χ2v) is 9.30. The minimum atomic E-state index is -0.707. The molecular weight excluding hydrogens is 481 g/mol. The van der Waals surface area contributed by atoms with Crippen molar-refractivity contribution in [3.8, 4) is 0 Å². The van der Waals surface area contributed by atoms with E-state index in [1.807, 2.05) is 40.6 Å². The minimum Gasteiger partial charge on any atom is -0.463 e. The van der Waals surface area contributed by atoms with Gasteiger partial charge in [-0.05, 0) is 30.0 Å². The Morgan fingerprint density at radius 2 is 1.92 bits per heavy atom. The summed E-state index contributed by atoms with van der Waals surface area (Å²) < 4.78 is 25.3. The molecule has 0 N–H and O–H groups in total. The van der Waals surface area contributed by atoms with Crippen molar-refractivity contribution >= 4 is 34.5 Å². The van der Waals surface area contributed by atoms with Crippen molar-refractivity contribution in [1.29, 1.82) is 0 Å². The molecule has 1 saturated heterocycles. The first-order valence-corrected chi connectivity index (χ1v) is 12.8. The van der Waals surface area contributed by atoms with Gasteiger partial charge < -0.3 is 19.3 Å². The Balaban J connectivity index is 1.60. The van der Waals surface area contributed by atoms with Gasteiger partial charge in [0.15, 0.2) is 5.17 Å². The van der Waals surface area contributed by atoms with Gasteiger partial charge in [-0.1, -0.05) is 54.2 Å². The molecule has 5 rings (SSSR count). The Bertz CT molecular complexity index is 1250. The molecular formula is C27H26FN3O4S. The number of carbonyl (C=O) groups is 2. The lowest BCUT2D eigenvalue weighted by Crippen LogP contribution is -2.42. The second-order valence-electron chi connectivity index (χ2n) is 8.47. The van der Waals surface area contributed by atoms with Crippen molar-refractivity contribution < 1.29 is 23.5 Å². The van der Waals surface area contributed by atoms with Crippen LogP contribution in [0, 0.1) is 5.82 Å². The van der Waals surface area contributed by atoms with Gasteiger partial charge in [0, 0.05) is 24.4 Å². The van der Waals surface area contributed by atoms with Gasteiger partial charge in [0.25, 0.3) is 0 Å². The molecule has 36 heavy (non-hydrogen) atoms. The number of esters is 1. The molecule has 3 aliphatic rings. The van der Waals surface area contributed by atoms with Gasteiger partial charge >= 0.3 is 5.97 Å². The summed E-state index contributed by atoms with van der Waals surface area (Å²) in [5, 5.41) is 2.51. The molecule has 0 aliphatic carbocycles. The third-order valence-corrected chi connectivity index (χ3v) is 7.10. The average molecular weight is 508 g/mol. The first-order valence-electron chi connectivity index (χ1n) is 11.9. The SMILES string of the molecule is CCOC(=O)C1=C(c2ccccc2)N=C2SC=C(CC(=O)N3CCOCC3)N2C1c1cccc(F)c1. The lowest BCUT2D eigenvalue weighted by atomic mass is 9.91. The van der Waals surface area contributed by atoms with Gasteiger partial charge in [-0.2, -0.15) is 0 Å². The molecule has 0 aromatic heterocycles. The number of aliphatic imine (C=N–C) groups is 1. The normalized spacial score (nSPS) is 19.6. The minimum absolute atomic E-state index is 0.0279. The molecule has 0 saturated carbocycles. The van der Waals surface area contributed by atoms with Crippen LogP contribution in [0.1, 0.15) is 30.5 Å². The van der Waals surface area contributed by atoms with Crippen LogP contribution in [-0.2, 0) is 19.1 Å². The van der Waals surface area contributed by atoms with Gasteiger partial charge in [0.05, 0.1) is 43.6 Å². The van der Waals surface area contributed by atoms with Crippen molar-refractivity contribution in [2.75, 3.05) is 32.9 Å². The zero-order valence-corrected chi connectivity index (χ0v) is 20.7. The summed E-state index contributed by atoms with van der Waals surface area (Å²) in [7, 11) is 0. The molecule has 2 aromatic rings. The molecule has 3 heterocycles. The number of ether oxygens (including phenoxy) is 2. The third kappa shape index (κ3) is 4.81. The van der Waals surface area contributed by atoms with E-state index >= 15 is 0 Å². The molecule has 1 fully saturated rings. The fraction of sp³-hybridized carbons (Fsp3) is 0.296. The van der Waals surface area contributed by atoms with Gasteiger partial charge in [-0.15, -0.1) is 0 Å². The number of carbonyl (C=O) groups excluding carboxylic acids is 2. The Morgan fingerprint density at radius 1 is 1.14 bits per heavy atom. The van der Waals surface area contributed by atoms with Crippen LogP contribution in [0.25, 0.3) is 5.70 Å². The van der Waals surface area contributed by atoms with E-state index in [0.29, 0.717) is 54.0 Å². The number of thioether (sulfide) groups is 1. The maximum absolute atomic E-state index is 14.4. The van der Waals surface area contributed by atoms with Crippen LogP contribution in [0.5, 0.6) is 0 Å². The monoisotopic (exact) mass is 507 g/mol. The number of amides is 1. The predicted molar refractivity (Wildman–Crippen MR) is 136 cm³/mol. The fourth-order valence-electron chi connectivity index (χ4n) is 4.56. The van der Waals surface area contributed by atoms with Crippen molar-refractivity contribution in [2.45, 2.75) is 19.4 Å². The molecule has 1 atom stereocenters. The van der Waals surface area contributed by atoms with Crippen LogP contribution in [0.3, 0.4) is 0 Å². The van der Waals surface area contributed by atoms with Crippen LogP contribution in [0.4, 0.5) is 4.39 Å². The summed E-state index contributed by atoms with van der Waals surface area (Å²) in [6, 6.07) is 14.9. The van der Waals surface area contributed by atoms with E-state index in [4.69, 9.17) is 14.5 Å². The van der Waals surface area contributed by atoms with Gasteiger partial charge in [-0.3, -0.25) is 4.79 Å². The zero-order valence-electron chi connectivity index (χ0n) is 19.9. The third-order valence-electron chi connectivity index (χ3n) is 6.21. The Labute approximate surface area is 213 Å². The lowest BCUT2D eigenvalue weighted by Gasteiger charge is -2.37. The largest absolute Gasteiger partial charge is 0.463 e. The Kier molecular flexibility index (Phi) is 7.20. The number of fused-ring (bicyclic) bond motifs is 1. The molecule has 1 amide bonds. The van der Waals surface area contributed by atoms with E-state index in [2.05, 4.69) is 0 Å². The summed E-state index contributed by atoms with van der Waals surface area (Å²) in [4.78, 5) is 35.1. The predicted octanol–water partition coefficient (Wildman–Crippen LogP) is 4.35. The number of halogens is 1. The molecule has 0 radical (unpaired) electrons. The van der Waals surface area contributed by atoms with E-state index in [1.54, 1.807) is 24.0 Å². The van der Waals surface area contributed by atoms with E-state index in [0.717, 1.165) is 5.56 Å². The average Bonchev–Trinajstić information content (AvgIpc) is 3.31. The number of morpholine rings is 1. The van der Waals surface area contributed by atoms with Crippen molar-refractivity contribution in [3.63, 3.8) is 0 Å². The lowest BCUT2D eigenvalue weighted by molar-refractivity contribution is -0.139. The van der Waals surface area contributed by atoms with Gasteiger partial charge in [0.2, 0.25) is 5.91 Å². The highest BCUT2D eigenvalue weighted by molar-refractivity contribution is 8.16. The molecule has 0 spiro atoms. The summed E-state index contributed by atoms with van der Waals surface area (Å²) in [6.45, 7) is 4.03. The van der Waals surface area contributed by atoms with E-state index in [-0.39, 0.29) is 18.9 Å². The standard InChI is InChI=1S/C27H26FN3O4S/c1-2-35-26(33)23-24(18-7-4-3-5-8-18)29-27-31(25(23)19-9-6-10-20(28)15-19)21(17-36-27)16-22(32)30-11-13-34-14-12-30/h3-10,15,17,25H,2,11-14,16H2,1H3. The highest BCUT2D eigenvalue weighted by atomic mass is 32.2. The fourth-order valence-corrected chi connectivity index (χ4v) is 5.48. The van der Waals surface area contributed by atoms with Crippen LogP contribution in [0.15, 0.2) is 76.3 Å². The van der Waals surface area contributed by atoms with E-state index < -0.39 is 17.8 Å². The summed E-state index contributed by atoms with van der Waals surface area (Å²) >= 11 is 1.39. The van der Waals surface area contributed by atoms with Crippen molar-refractivity contribution in [3.05, 3.63) is 88.2 Å². The first kappa shape index (κ1) is 24.3. The molecule has 0 bridgehead atoms. The van der Waals surface area contributed by atoms with Crippen LogP contribution < -0.4 is 0 Å². The van der Waals surface area contributed by atoms with Crippen molar-refractivity contribution in [2.24, 2.45) is 4.99 Å². The molecule has 186 valence electrons. The quantitative estimate of drug-likeness (QED) is 0.542. The summed E-state index contributed by atoms with van der Waals surface area (Å²) in [6.07, 6.45) is 0.134. The Hall–Kier alpha value is -3.43. The van der Waals surface area contributed by atoms with Crippen LogP contribution >= 0.6 is 11.8 Å². The summed E-state index contributed by atoms with van der Waals surface area (Å²) in [5.41, 5.74) is 2.83. The number of amidine groups is 1. The smallest absolute Gasteiger partial charge is 0.338 e. The van der Waals surface area contributed by atoms with E-state index in [9.17, 15) is 14.0 Å². The number of nitrogens with zero attached hydrogens (tertiary/aromatic N) is 3. The molecule has 9 heteroatoms. The number of benzene rings is 2. The summed E-state index contributed by atoms with van der Waals surface area (Å²) in [5.74, 6) is -0.966. The first-order chi connectivity index (χ1) is 17.6. The molecule has 7 nitrogen and oxygen atoms in total. The maximum Gasteiger partial charge on any atom is 0.338 e. The van der Waals surface area contributed by atoms with Crippen molar-refractivity contribution in [1.82, 2.24) is 9.80 Å². The van der Waals surface area contributed by atoms with Crippen LogP contribution in [0.2, 0.25) is 0 Å².